The van der Waals surface area contributed by atoms with Crippen molar-refractivity contribution in [2.24, 2.45) is 0 Å². The Balaban J connectivity index is 1.65. The Bertz CT molecular complexity index is 1570. The van der Waals surface area contributed by atoms with Gasteiger partial charge < -0.3 is 19.0 Å². The van der Waals surface area contributed by atoms with Crippen LogP contribution in [0.15, 0.2) is 91.3 Å². The molecule has 2 aromatic heterocycles. The Morgan fingerprint density at radius 3 is 2.16 bits per heavy atom. The first-order chi connectivity index (χ1) is 18.2. The van der Waals surface area contributed by atoms with Gasteiger partial charge in [0, 0.05) is 12.1 Å². The van der Waals surface area contributed by atoms with Gasteiger partial charge in [-0.15, -0.1) is 0 Å². The topological polar surface area (TPSA) is 68.3 Å². The average Bonchev–Trinajstić information content (AvgIpc) is 3.30. The van der Waals surface area contributed by atoms with Gasteiger partial charge in [-0.05, 0) is 28.8 Å². The lowest BCUT2D eigenvalue weighted by molar-refractivity contribution is 0.110. The van der Waals surface area contributed by atoms with Crippen LogP contribution in [0.1, 0.15) is 5.56 Å². The number of nitrogens with one attached hydrogen (secondary N) is 1. The van der Waals surface area contributed by atoms with Crippen molar-refractivity contribution < 1.29 is 9.47 Å². The number of benzene rings is 3. The fourth-order valence-corrected chi connectivity index (χ4v) is 5.08. The number of ether oxygens (including phenoxy) is 2. The molecule has 1 N–H and O–H groups in total. The zero-order valence-electron chi connectivity index (χ0n) is 20.8. The molecule has 0 saturated carbocycles. The fraction of sp³-hybridized carbons (Fsp3) is 0.200. The molecule has 5 aromatic rings. The summed E-state index contributed by atoms with van der Waals surface area (Å²) in [6.45, 7) is 3.35. The van der Waals surface area contributed by atoms with E-state index in [0.717, 1.165) is 57.8 Å². The first-order valence-electron chi connectivity index (χ1n) is 12.5. The van der Waals surface area contributed by atoms with Gasteiger partial charge in [-0.3, -0.25) is 5.41 Å². The zero-order chi connectivity index (χ0) is 25.2. The minimum absolute atomic E-state index is 0.427. The van der Waals surface area contributed by atoms with E-state index in [1.165, 1.54) is 0 Å². The molecule has 7 nitrogen and oxygen atoms in total. The summed E-state index contributed by atoms with van der Waals surface area (Å²) < 4.78 is 15.1. The molecule has 1 fully saturated rings. The molecule has 6 rings (SSSR count). The first kappa shape index (κ1) is 23.1. The Morgan fingerprint density at radius 1 is 0.865 bits per heavy atom. The number of nitrogens with zero attached hydrogens (tertiary/aromatic N) is 4. The molecule has 0 radical (unpaired) electrons. The second kappa shape index (κ2) is 9.95. The van der Waals surface area contributed by atoms with Crippen LogP contribution in [0, 0.1) is 5.41 Å². The van der Waals surface area contributed by atoms with Crippen molar-refractivity contribution in [2.75, 3.05) is 38.4 Å². The smallest absolute Gasteiger partial charge is 0.157 e. The molecule has 1 aliphatic rings. The van der Waals surface area contributed by atoms with E-state index in [4.69, 9.17) is 14.5 Å². The maximum Gasteiger partial charge on any atom is 0.157 e. The molecular weight excluding hydrogens is 462 g/mol. The zero-order valence-corrected chi connectivity index (χ0v) is 20.8. The standard InChI is InChI=1S/C30H29N5O2/c1-36-25-14-12-22(13-15-25)20-34-28(24-10-6-3-7-11-24)26(23-8-4-2-5-9-23)27-29(31)35(21-32-30(27)34)33-16-18-37-19-17-33/h2-15,21,31H,16-20H2,1H3. The second-order valence-electron chi connectivity index (χ2n) is 9.09. The van der Waals surface area contributed by atoms with E-state index in [1.807, 2.05) is 41.1 Å². The molecule has 1 aliphatic heterocycles. The van der Waals surface area contributed by atoms with Gasteiger partial charge in [-0.2, -0.15) is 0 Å². The molecule has 0 atom stereocenters. The summed E-state index contributed by atoms with van der Waals surface area (Å²) >= 11 is 0. The minimum atomic E-state index is 0.427. The Morgan fingerprint density at radius 2 is 1.51 bits per heavy atom. The van der Waals surface area contributed by atoms with E-state index in [0.29, 0.717) is 25.2 Å². The van der Waals surface area contributed by atoms with Gasteiger partial charge in [-0.1, -0.05) is 72.8 Å². The van der Waals surface area contributed by atoms with Crippen molar-refractivity contribution in [3.8, 4) is 28.1 Å². The van der Waals surface area contributed by atoms with Gasteiger partial charge in [0.15, 0.2) is 5.49 Å². The van der Waals surface area contributed by atoms with Crippen LogP contribution >= 0.6 is 0 Å². The monoisotopic (exact) mass is 491 g/mol. The first-order valence-corrected chi connectivity index (χ1v) is 12.5. The van der Waals surface area contributed by atoms with Gasteiger partial charge >= 0.3 is 0 Å². The third-order valence-corrected chi connectivity index (χ3v) is 6.89. The summed E-state index contributed by atoms with van der Waals surface area (Å²) in [7, 11) is 1.68. The summed E-state index contributed by atoms with van der Waals surface area (Å²) in [6, 6.07) is 28.9. The molecule has 3 aromatic carbocycles. The van der Waals surface area contributed by atoms with Crippen molar-refractivity contribution >= 4 is 11.0 Å². The summed E-state index contributed by atoms with van der Waals surface area (Å²) in [5.41, 5.74) is 6.58. The average molecular weight is 492 g/mol. The summed E-state index contributed by atoms with van der Waals surface area (Å²) in [5.74, 6) is 0.826. The van der Waals surface area contributed by atoms with Crippen LogP contribution in [0.4, 0.5) is 0 Å². The van der Waals surface area contributed by atoms with Crippen LogP contribution in [0.25, 0.3) is 33.4 Å². The highest BCUT2D eigenvalue weighted by atomic mass is 16.5. The highest BCUT2D eigenvalue weighted by Crippen LogP contribution is 2.39. The fourth-order valence-electron chi connectivity index (χ4n) is 5.08. The predicted molar refractivity (Wildman–Crippen MR) is 145 cm³/mol. The summed E-state index contributed by atoms with van der Waals surface area (Å²) in [4.78, 5) is 4.98. The van der Waals surface area contributed by atoms with Crippen molar-refractivity contribution in [3.05, 3.63) is 102 Å². The second-order valence-corrected chi connectivity index (χ2v) is 9.09. The highest BCUT2D eigenvalue weighted by molar-refractivity contribution is 6.02. The van der Waals surface area contributed by atoms with Gasteiger partial charge in [-0.25, -0.2) is 9.66 Å². The SMILES string of the molecule is COc1ccc(Cn2c(-c3ccccc3)c(-c3ccccc3)c3c(=N)n(N4CCOCC4)cnc32)cc1. The van der Waals surface area contributed by atoms with Gasteiger partial charge in [0.2, 0.25) is 0 Å². The maximum atomic E-state index is 9.38. The molecule has 0 amide bonds. The number of aromatic nitrogens is 3. The normalized spacial score (nSPS) is 13.7. The predicted octanol–water partition coefficient (Wildman–Crippen LogP) is 4.68. The minimum Gasteiger partial charge on any atom is -0.497 e. The van der Waals surface area contributed by atoms with Crippen LogP contribution in [0.2, 0.25) is 0 Å². The lowest BCUT2D eigenvalue weighted by Gasteiger charge is -2.30. The number of hydrogen-bond donors (Lipinski definition) is 1. The largest absolute Gasteiger partial charge is 0.497 e. The van der Waals surface area contributed by atoms with Gasteiger partial charge in [0.25, 0.3) is 0 Å². The van der Waals surface area contributed by atoms with E-state index in [2.05, 4.69) is 58.1 Å². The maximum absolute atomic E-state index is 9.38. The van der Waals surface area contributed by atoms with Crippen LogP contribution in [-0.4, -0.2) is 47.6 Å². The van der Waals surface area contributed by atoms with Crippen molar-refractivity contribution in [1.29, 1.82) is 5.41 Å². The molecule has 0 unspecified atom stereocenters. The van der Waals surface area contributed by atoms with Crippen LogP contribution in [0.5, 0.6) is 5.75 Å². The highest BCUT2D eigenvalue weighted by Gasteiger charge is 2.24. The van der Waals surface area contributed by atoms with E-state index in [-0.39, 0.29) is 0 Å². The number of fused-ring (bicyclic) bond motifs is 1. The van der Waals surface area contributed by atoms with Crippen molar-refractivity contribution in [1.82, 2.24) is 14.2 Å². The Labute approximate surface area is 215 Å². The molecule has 186 valence electrons. The van der Waals surface area contributed by atoms with Crippen LogP contribution in [0.3, 0.4) is 0 Å². The molecule has 0 bridgehead atoms. The van der Waals surface area contributed by atoms with Crippen molar-refractivity contribution in [2.45, 2.75) is 6.54 Å². The van der Waals surface area contributed by atoms with Crippen LogP contribution in [-0.2, 0) is 11.3 Å². The molecule has 7 heteroatoms. The molecule has 0 spiro atoms. The lowest BCUT2D eigenvalue weighted by Crippen LogP contribution is -2.48. The molecular formula is C30H29N5O2. The van der Waals surface area contributed by atoms with Crippen LogP contribution < -0.4 is 15.2 Å². The molecule has 1 saturated heterocycles. The quantitative estimate of drug-likeness (QED) is 0.375. The molecule has 3 heterocycles. The third-order valence-electron chi connectivity index (χ3n) is 6.89. The number of hydrogen-bond acceptors (Lipinski definition) is 5. The molecule has 37 heavy (non-hydrogen) atoms. The number of morpholine rings is 1. The Kier molecular flexibility index (Phi) is 6.20. The van der Waals surface area contributed by atoms with E-state index >= 15 is 0 Å². The molecule has 0 aliphatic carbocycles. The summed E-state index contributed by atoms with van der Waals surface area (Å²) in [5, 5.41) is 12.4. The van der Waals surface area contributed by atoms with Gasteiger partial charge in [0.1, 0.15) is 17.7 Å². The van der Waals surface area contributed by atoms with E-state index in [1.54, 1.807) is 13.4 Å². The number of methoxy groups -OCH3 is 1. The summed E-state index contributed by atoms with van der Waals surface area (Å²) in [6.07, 6.45) is 1.78. The van der Waals surface area contributed by atoms with E-state index < -0.39 is 0 Å². The van der Waals surface area contributed by atoms with E-state index in [9.17, 15) is 5.41 Å². The number of rotatable bonds is 6. The lowest BCUT2D eigenvalue weighted by atomic mass is 9.99. The van der Waals surface area contributed by atoms with Gasteiger partial charge in [0.05, 0.1) is 44.5 Å². The Hall–Kier alpha value is -4.36. The van der Waals surface area contributed by atoms with Crippen molar-refractivity contribution in [3.63, 3.8) is 0 Å². The third kappa shape index (κ3) is 4.27.